The molecule has 0 bridgehead atoms. The van der Waals surface area contributed by atoms with Crippen molar-refractivity contribution in [1.82, 2.24) is 10.2 Å². The van der Waals surface area contributed by atoms with Gasteiger partial charge in [0.25, 0.3) is 0 Å². The maximum Gasteiger partial charge on any atom is 0.225 e. The van der Waals surface area contributed by atoms with Gasteiger partial charge in [0, 0.05) is 24.5 Å². The molecule has 0 aromatic heterocycles. The SMILES string of the molecule is CC(C)C(=O)N1CCCC2NCCC21. The lowest BCUT2D eigenvalue weighted by molar-refractivity contribution is -0.138. The number of carbonyl (C=O) groups is 1. The van der Waals surface area contributed by atoms with Crippen molar-refractivity contribution in [1.29, 1.82) is 0 Å². The molecular formula is C11H20N2O. The summed E-state index contributed by atoms with van der Waals surface area (Å²) in [6.45, 7) is 6.04. The lowest BCUT2D eigenvalue weighted by atomic mass is 9.96. The lowest BCUT2D eigenvalue weighted by Crippen LogP contribution is -2.52. The van der Waals surface area contributed by atoms with Gasteiger partial charge in [0.15, 0.2) is 0 Å². The molecule has 2 unspecified atom stereocenters. The van der Waals surface area contributed by atoms with Crippen LogP contribution in [0.15, 0.2) is 0 Å². The summed E-state index contributed by atoms with van der Waals surface area (Å²) < 4.78 is 0. The van der Waals surface area contributed by atoms with E-state index < -0.39 is 0 Å². The van der Waals surface area contributed by atoms with Gasteiger partial charge >= 0.3 is 0 Å². The Kier molecular flexibility index (Phi) is 2.77. The molecule has 2 rings (SSSR count). The predicted octanol–water partition coefficient (Wildman–Crippen LogP) is 0.995. The van der Waals surface area contributed by atoms with Gasteiger partial charge in [-0.25, -0.2) is 0 Å². The molecule has 0 aromatic rings. The van der Waals surface area contributed by atoms with Crippen molar-refractivity contribution in [3.05, 3.63) is 0 Å². The van der Waals surface area contributed by atoms with E-state index in [1.54, 1.807) is 0 Å². The number of fused-ring (bicyclic) bond motifs is 1. The molecule has 0 aromatic carbocycles. The molecule has 2 aliphatic rings. The van der Waals surface area contributed by atoms with E-state index in [9.17, 15) is 4.79 Å². The van der Waals surface area contributed by atoms with Gasteiger partial charge in [0.2, 0.25) is 5.91 Å². The summed E-state index contributed by atoms with van der Waals surface area (Å²) in [5, 5.41) is 3.49. The van der Waals surface area contributed by atoms with Gasteiger partial charge in [-0.3, -0.25) is 4.79 Å². The third-order valence-corrected chi connectivity index (χ3v) is 3.40. The van der Waals surface area contributed by atoms with Crippen molar-refractivity contribution in [2.45, 2.75) is 45.2 Å². The number of nitrogens with zero attached hydrogens (tertiary/aromatic N) is 1. The maximum absolute atomic E-state index is 11.9. The fourth-order valence-corrected chi connectivity index (χ4v) is 2.67. The molecule has 80 valence electrons. The number of amides is 1. The second kappa shape index (κ2) is 3.89. The Morgan fingerprint density at radius 2 is 2.21 bits per heavy atom. The highest BCUT2D eigenvalue weighted by molar-refractivity contribution is 5.78. The number of likely N-dealkylation sites (tertiary alicyclic amines) is 1. The van der Waals surface area contributed by atoms with Gasteiger partial charge in [-0.05, 0) is 25.8 Å². The van der Waals surface area contributed by atoms with Crippen LogP contribution in [0.4, 0.5) is 0 Å². The molecule has 2 saturated heterocycles. The van der Waals surface area contributed by atoms with Crippen LogP contribution in [0, 0.1) is 5.92 Å². The Labute approximate surface area is 85.8 Å². The Morgan fingerprint density at radius 1 is 1.43 bits per heavy atom. The molecule has 14 heavy (non-hydrogen) atoms. The molecule has 2 atom stereocenters. The van der Waals surface area contributed by atoms with Crippen molar-refractivity contribution in [2.75, 3.05) is 13.1 Å². The summed E-state index contributed by atoms with van der Waals surface area (Å²) >= 11 is 0. The van der Waals surface area contributed by atoms with Crippen LogP contribution in [0.1, 0.15) is 33.1 Å². The summed E-state index contributed by atoms with van der Waals surface area (Å²) in [6, 6.07) is 1.06. The highest BCUT2D eigenvalue weighted by Gasteiger charge is 2.37. The van der Waals surface area contributed by atoms with Crippen LogP contribution in [0.25, 0.3) is 0 Å². The van der Waals surface area contributed by atoms with Gasteiger partial charge < -0.3 is 10.2 Å². The second-order valence-electron chi connectivity index (χ2n) is 4.75. The number of piperidine rings is 1. The standard InChI is InChI=1S/C11H20N2O/c1-8(2)11(14)13-7-3-4-9-10(13)5-6-12-9/h8-10,12H,3-7H2,1-2H3. The van der Waals surface area contributed by atoms with Crippen molar-refractivity contribution < 1.29 is 4.79 Å². The Morgan fingerprint density at radius 3 is 2.93 bits per heavy atom. The Bertz CT molecular complexity index is 227. The highest BCUT2D eigenvalue weighted by atomic mass is 16.2. The average molecular weight is 196 g/mol. The zero-order chi connectivity index (χ0) is 10.1. The van der Waals surface area contributed by atoms with Crippen molar-refractivity contribution in [3.8, 4) is 0 Å². The van der Waals surface area contributed by atoms with Crippen LogP contribution in [-0.4, -0.2) is 36.0 Å². The number of hydrogen-bond donors (Lipinski definition) is 1. The molecule has 2 heterocycles. The molecule has 0 aliphatic carbocycles. The van der Waals surface area contributed by atoms with E-state index in [4.69, 9.17) is 0 Å². The van der Waals surface area contributed by atoms with Gasteiger partial charge in [0.05, 0.1) is 0 Å². The summed E-state index contributed by atoms with van der Waals surface area (Å²) in [7, 11) is 0. The van der Waals surface area contributed by atoms with Crippen molar-refractivity contribution >= 4 is 5.91 Å². The van der Waals surface area contributed by atoms with Crippen LogP contribution in [0.5, 0.6) is 0 Å². The lowest BCUT2D eigenvalue weighted by Gasteiger charge is -2.38. The molecule has 0 saturated carbocycles. The van der Waals surface area contributed by atoms with Crippen LogP contribution in [0.3, 0.4) is 0 Å². The summed E-state index contributed by atoms with van der Waals surface area (Å²) in [5.74, 6) is 0.484. The van der Waals surface area contributed by atoms with Gasteiger partial charge in [-0.2, -0.15) is 0 Å². The first-order valence-corrected chi connectivity index (χ1v) is 5.74. The van der Waals surface area contributed by atoms with Crippen molar-refractivity contribution in [3.63, 3.8) is 0 Å². The minimum Gasteiger partial charge on any atom is -0.338 e. The van der Waals surface area contributed by atoms with Crippen LogP contribution >= 0.6 is 0 Å². The molecule has 0 radical (unpaired) electrons. The molecule has 3 heteroatoms. The van der Waals surface area contributed by atoms with E-state index in [1.807, 2.05) is 13.8 Å². The zero-order valence-corrected chi connectivity index (χ0v) is 9.12. The third kappa shape index (κ3) is 1.65. The molecule has 0 spiro atoms. The third-order valence-electron chi connectivity index (χ3n) is 3.40. The summed E-state index contributed by atoms with van der Waals surface area (Å²) in [4.78, 5) is 14.0. The molecule has 3 nitrogen and oxygen atoms in total. The Balaban J connectivity index is 2.06. The molecule has 2 aliphatic heterocycles. The van der Waals surface area contributed by atoms with Crippen LogP contribution in [0.2, 0.25) is 0 Å². The molecular weight excluding hydrogens is 176 g/mol. The number of nitrogens with one attached hydrogen (secondary N) is 1. The first-order chi connectivity index (χ1) is 6.70. The van der Waals surface area contributed by atoms with E-state index in [0.717, 1.165) is 25.9 Å². The average Bonchev–Trinajstić information content (AvgIpc) is 2.63. The number of hydrogen-bond acceptors (Lipinski definition) is 2. The van der Waals surface area contributed by atoms with E-state index in [1.165, 1.54) is 6.42 Å². The van der Waals surface area contributed by atoms with Gasteiger partial charge in [-0.15, -0.1) is 0 Å². The molecule has 1 amide bonds. The minimum atomic E-state index is 0.148. The topological polar surface area (TPSA) is 32.3 Å². The van der Waals surface area contributed by atoms with E-state index >= 15 is 0 Å². The number of carbonyl (C=O) groups excluding carboxylic acids is 1. The predicted molar refractivity (Wildman–Crippen MR) is 56.0 cm³/mol. The van der Waals surface area contributed by atoms with Gasteiger partial charge in [0.1, 0.15) is 0 Å². The molecule has 1 N–H and O–H groups in total. The van der Waals surface area contributed by atoms with Crippen LogP contribution < -0.4 is 5.32 Å². The maximum atomic E-state index is 11.9. The largest absolute Gasteiger partial charge is 0.338 e. The minimum absolute atomic E-state index is 0.148. The quantitative estimate of drug-likeness (QED) is 0.678. The van der Waals surface area contributed by atoms with Crippen LogP contribution in [-0.2, 0) is 4.79 Å². The molecule has 2 fully saturated rings. The van der Waals surface area contributed by atoms with Crippen molar-refractivity contribution in [2.24, 2.45) is 5.92 Å². The zero-order valence-electron chi connectivity index (χ0n) is 9.12. The first kappa shape index (κ1) is 9.97. The first-order valence-electron chi connectivity index (χ1n) is 5.74. The fraction of sp³-hybridized carbons (Fsp3) is 0.909. The highest BCUT2D eigenvalue weighted by Crippen LogP contribution is 2.25. The normalized spacial score (nSPS) is 32.1. The van der Waals surface area contributed by atoms with E-state index in [0.29, 0.717) is 18.0 Å². The smallest absolute Gasteiger partial charge is 0.225 e. The number of rotatable bonds is 1. The monoisotopic (exact) mass is 196 g/mol. The fourth-order valence-electron chi connectivity index (χ4n) is 2.67. The van der Waals surface area contributed by atoms with Gasteiger partial charge in [-0.1, -0.05) is 13.8 Å². The van der Waals surface area contributed by atoms with E-state index in [2.05, 4.69) is 10.2 Å². The summed E-state index contributed by atoms with van der Waals surface area (Å²) in [5.41, 5.74) is 0. The van der Waals surface area contributed by atoms with E-state index in [-0.39, 0.29) is 5.92 Å². The second-order valence-corrected chi connectivity index (χ2v) is 4.75. The Hall–Kier alpha value is -0.570. The summed E-state index contributed by atoms with van der Waals surface area (Å²) in [6.07, 6.45) is 3.54.